The third-order valence-electron chi connectivity index (χ3n) is 2.80. The van der Waals surface area contributed by atoms with Crippen LogP contribution in [0.4, 0.5) is 0 Å². The molecule has 0 saturated carbocycles. The molecular weight excluding hydrogens is 319 g/mol. The molecule has 0 heterocycles. The molecule has 4 heteroatoms. The van der Waals surface area contributed by atoms with Crippen molar-refractivity contribution in [1.29, 1.82) is 0 Å². The summed E-state index contributed by atoms with van der Waals surface area (Å²) in [6, 6.07) is 10.5. The van der Waals surface area contributed by atoms with Crippen LogP contribution in [0.3, 0.4) is 0 Å². The summed E-state index contributed by atoms with van der Waals surface area (Å²) in [5, 5.41) is 0. The normalized spacial score (nSPS) is 13.9. The zero-order chi connectivity index (χ0) is 11.3. The molecule has 15 heavy (non-hydrogen) atoms. The van der Waals surface area contributed by atoms with Crippen molar-refractivity contribution in [2.45, 2.75) is 12.1 Å². The molecule has 2 nitrogen and oxygen atoms in total. The minimum absolute atomic E-state index is 0.384. The van der Waals surface area contributed by atoms with Crippen LogP contribution in [0.5, 0.6) is 0 Å². The van der Waals surface area contributed by atoms with E-state index in [1.54, 1.807) is 14.2 Å². The van der Waals surface area contributed by atoms with Gasteiger partial charge in [-0.2, -0.15) is 0 Å². The monoisotopic (exact) mass is 336 g/mol. The fraction of sp³-hybridized carbons (Fsp3) is 0.455. The Hall–Kier alpha value is 0.0869. The molecule has 0 fully saturated rings. The van der Waals surface area contributed by atoms with Crippen LogP contribution in [0.15, 0.2) is 30.3 Å². The first-order valence-electron chi connectivity index (χ1n) is 4.89. The van der Waals surface area contributed by atoms with Gasteiger partial charge in [-0.15, -0.1) is 0 Å². The van der Waals surface area contributed by atoms with Crippen molar-refractivity contribution in [3.05, 3.63) is 35.9 Å². The second kappa shape index (κ2) is 5.98. The van der Waals surface area contributed by atoms with E-state index in [0.29, 0.717) is 5.54 Å². The third kappa shape index (κ3) is 3.02. The fourth-order valence-electron chi connectivity index (χ4n) is 1.59. The van der Waals surface area contributed by atoms with Gasteiger partial charge in [-0.05, 0) is 12.1 Å². The summed E-state index contributed by atoms with van der Waals surface area (Å²) in [6.45, 7) is 2.11. The van der Waals surface area contributed by atoms with Gasteiger partial charge in [0.15, 0.2) is 0 Å². The van der Waals surface area contributed by atoms with Gasteiger partial charge in [-0.25, -0.2) is 0 Å². The van der Waals surface area contributed by atoms with Crippen LogP contribution in [0.1, 0.15) is 11.1 Å². The first-order valence-corrected chi connectivity index (χ1v) is 8.81. The molecule has 0 spiro atoms. The third-order valence-corrected chi connectivity index (χ3v) is 7.94. The van der Waals surface area contributed by atoms with E-state index in [0.717, 1.165) is 4.43 Å². The largest absolute Gasteiger partial charge is 0.397 e. The first kappa shape index (κ1) is 13.2. The molecule has 0 amide bonds. The molecule has 0 aliphatic carbocycles. The SMILES string of the molecule is CO[Si](C)(OC)C(CI)c1ccccc1. The van der Waals surface area contributed by atoms with E-state index in [1.165, 1.54) is 5.56 Å². The van der Waals surface area contributed by atoms with Crippen molar-refractivity contribution in [1.82, 2.24) is 0 Å². The second-order valence-electron chi connectivity index (χ2n) is 3.54. The first-order chi connectivity index (χ1) is 7.18. The van der Waals surface area contributed by atoms with Crippen LogP contribution < -0.4 is 0 Å². The predicted octanol–water partition coefficient (Wildman–Crippen LogP) is 3.11. The van der Waals surface area contributed by atoms with Gasteiger partial charge >= 0.3 is 8.56 Å². The lowest BCUT2D eigenvalue weighted by Gasteiger charge is -2.31. The van der Waals surface area contributed by atoms with Crippen LogP contribution in [0.25, 0.3) is 0 Å². The Morgan fingerprint density at radius 2 is 1.73 bits per heavy atom. The highest BCUT2D eigenvalue weighted by Crippen LogP contribution is 2.29. The van der Waals surface area contributed by atoms with E-state index in [4.69, 9.17) is 8.85 Å². The Morgan fingerprint density at radius 1 is 1.20 bits per heavy atom. The van der Waals surface area contributed by atoms with Crippen LogP contribution in [-0.4, -0.2) is 27.2 Å². The Kier molecular flexibility index (Phi) is 5.24. The summed E-state index contributed by atoms with van der Waals surface area (Å²) < 4.78 is 12.2. The van der Waals surface area contributed by atoms with Crippen molar-refractivity contribution < 1.29 is 8.85 Å². The van der Waals surface area contributed by atoms with Crippen molar-refractivity contribution in [3.8, 4) is 0 Å². The van der Waals surface area contributed by atoms with Gasteiger partial charge < -0.3 is 8.85 Å². The number of alkyl halides is 1. The van der Waals surface area contributed by atoms with Crippen LogP contribution in [0, 0.1) is 0 Å². The molecule has 0 saturated heterocycles. The minimum Gasteiger partial charge on any atom is -0.397 e. The average molecular weight is 336 g/mol. The molecule has 0 aromatic heterocycles. The molecule has 0 radical (unpaired) electrons. The van der Waals surface area contributed by atoms with Crippen LogP contribution >= 0.6 is 22.6 Å². The molecule has 0 aliphatic rings. The zero-order valence-corrected chi connectivity index (χ0v) is 12.5. The Bertz CT molecular complexity index is 288. The lowest BCUT2D eigenvalue weighted by atomic mass is 10.2. The summed E-state index contributed by atoms with van der Waals surface area (Å²) in [4.78, 5) is 0. The summed E-state index contributed by atoms with van der Waals surface area (Å²) in [5.41, 5.74) is 1.69. The molecule has 84 valence electrons. The molecule has 1 aromatic rings. The highest BCUT2D eigenvalue weighted by molar-refractivity contribution is 14.1. The van der Waals surface area contributed by atoms with Crippen molar-refractivity contribution in [3.63, 3.8) is 0 Å². The number of halogens is 1. The van der Waals surface area contributed by atoms with Crippen molar-refractivity contribution in [2.75, 3.05) is 18.6 Å². The highest BCUT2D eigenvalue weighted by atomic mass is 127. The lowest BCUT2D eigenvalue weighted by Crippen LogP contribution is -2.44. The Morgan fingerprint density at radius 3 is 2.13 bits per heavy atom. The van der Waals surface area contributed by atoms with Gasteiger partial charge in [-0.1, -0.05) is 52.9 Å². The average Bonchev–Trinajstić information content (AvgIpc) is 2.31. The minimum atomic E-state index is -2.08. The van der Waals surface area contributed by atoms with E-state index >= 15 is 0 Å². The van der Waals surface area contributed by atoms with E-state index in [9.17, 15) is 0 Å². The Labute approximate surface area is 106 Å². The molecule has 1 rings (SSSR count). The van der Waals surface area contributed by atoms with Crippen LogP contribution in [0.2, 0.25) is 6.55 Å². The summed E-state index contributed by atoms with van der Waals surface area (Å²) in [7, 11) is 1.42. The second-order valence-corrected chi connectivity index (χ2v) is 7.97. The van der Waals surface area contributed by atoms with Crippen LogP contribution in [-0.2, 0) is 8.85 Å². The molecule has 1 unspecified atom stereocenters. The smallest absolute Gasteiger partial charge is 0.342 e. The summed E-state index contributed by atoms with van der Waals surface area (Å²) in [5.74, 6) is 0. The molecule has 1 atom stereocenters. The lowest BCUT2D eigenvalue weighted by molar-refractivity contribution is 0.241. The van der Waals surface area contributed by atoms with Gasteiger partial charge in [-0.3, -0.25) is 0 Å². The van der Waals surface area contributed by atoms with Gasteiger partial charge in [0.1, 0.15) is 0 Å². The number of rotatable bonds is 5. The van der Waals surface area contributed by atoms with Gasteiger partial charge in [0.25, 0.3) is 0 Å². The highest BCUT2D eigenvalue weighted by Gasteiger charge is 2.39. The van der Waals surface area contributed by atoms with Gasteiger partial charge in [0.2, 0.25) is 0 Å². The predicted molar refractivity (Wildman–Crippen MR) is 73.7 cm³/mol. The van der Waals surface area contributed by atoms with E-state index in [-0.39, 0.29) is 0 Å². The molecular formula is C11H17IO2Si. The number of hydrogen-bond donors (Lipinski definition) is 0. The van der Waals surface area contributed by atoms with E-state index in [1.807, 2.05) is 6.07 Å². The molecule has 0 aliphatic heterocycles. The number of hydrogen-bond acceptors (Lipinski definition) is 2. The topological polar surface area (TPSA) is 18.5 Å². The molecule has 1 aromatic carbocycles. The summed E-state index contributed by atoms with van der Waals surface area (Å²) in [6.07, 6.45) is 0. The zero-order valence-electron chi connectivity index (χ0n) is 9.37. The van der Waals surface area contributed by atoms with E-state index < -0.39 is 8.56 Å². The maximum Gasteiger partial charge on any atom is 0.342 e. The maximum atomic E-state index is 5.61. The quantitative estimate of drug-likeness (QED) is 0.467. The van der Waals surface area contributed by atoms with Crippen molar-refractivity contribution >= 4 is 31.2 Å². The van der Waals surface area contributed by atoms with E-state index in [2.05, 4.69) is 53.4 Å². The Balaban J connectivity index is 2.98. The van der Waals surface area contributed by atoms with Gasteiger partial charge in [0.05, 0.1) is 0 Å². The van der Waals surface area contributed by atoms with Gasteiger partial charge in [0, 0.05) is 24.2 Å². The fourth-order valence-corrected chi connectivity index (χ4v) is 6.31. The molecule has 0 N–H and O–H groups in total. The molecule has 0 bridgehead atoms. The standard InChI is InChI=1S/C11H17IO2Si/c1-13-15(3,14-2)11(9-12)10-7-5-4-6-8-10/h4-8,11H,9H2,1-3H3. The summed E-state index contributed by atoms with van der Waals surface area (Å²) >= 11 is 2.40. The maximum absolute atomic E-state index is 5.61. The number of benzene rings is 1. The van der Waals surface area contributed by atoms with Crippen molar-refractivity contribution in [2.24, 2.45) is 0 Å².